The van der Waals surface area contributed by atoms with Crippen LogP contribution in [0.4, 0.5) is 13.2 Å². The molecule has 5 heteroatoms. The summed E-state index contributed by atoms with van der Waals surface area (Å²) in [5.41, 5.74) is 0.963. The Kier molecular flexibility index (Phi) is 7.29. The van der Waals surface area contributed by atoms with Gasteiger partial charge in [0.2, 0.25) is 0 Å². The highest BCUT2D eigenvalue weighted by atomic mass is 35.5. The van der Waals surface area contributed by atoms with Crippen LogP contribution >= 0.6 is 12.4 Å². The van der Waals surface area contributed by atoms with E-state index in [4.69, 9.17) is 0 Å². The van der Waals surface area contributed by atoms with Gasteiger partial charge in [-0.1, -0.05) is 60.4 Å². The molecule has 0 aliphatic rings. The molecule has 0 fully saturated rings. The Hall–Kier alpha value is -2.48. The van der Waals surface area contributed by atoms with Crippen molar-refractivity contribution < 1.29 is 13.2 Å². The molecule has 3 rings (SSSR count). The first-order valence-electron chi connectivity index (χ1n) is 8.37. The van der Waals surface area contributed by atoms with Crippen LogP contribution in [0.15, 0.2) is 66.7 Å². The predicted molar refractivity (Wildman–Crippen MR) is 106 cm³/mol. The molecule has 3 aromatic rings. The van der Waals surface area contributed by atoms with Crippen LogP contribution in [0.25, 0.3) is 10.8 Å². The maximum atomic E-state index is 12.7. The maximum absolute atomic E-state index is 12.7. The highest BCUT2D eigenvalue weighted by Crippen LogP contribution is 2.29. The molecule has 27 heavy (non-hydrogen) atoms. The minimum absolute atomic E-state index is 0. The van der Waals surface area contributed by atoms with Crippen LogP contribution in [0, 0.1) is 11.8 Å². The van der Waals surface area contributed by atoms with E-state index in [0.717, 1.165) is 25.1 Å². The van der Waals surface area contributed by atoms with E-state index in [1.54, 1.807) is 6.07 Å². The number of hydrogen-bond acceptors (Lipinski definition) is 1. The Morgan fingerprint density at radius 2 is 1.63 bits per heavy atom. The van der Waals surface area contributed by atoms with Gasteiger partial charge in [-0.15, -0.1) is 12.4 Å². The van der Waals surface area contributed by atoms with Gasteiger partial charge >= 0.3 is 6.18 Å². The highest BCUT2D eigenvalue weighted by molar-refractivity contribution is 5.86. The van der Waals surface area contributed by atoms with Gasteiger partial charge in [0.15, 0.2) is 0 Å². The molecule has 0 amide bonds. The number of halogens is 4. The van der Waals surface area contributed by atoms with E-state index in [2.05, 4.69) is 41.4 Å². The van der Waals surface area contributed by atoms with Gasteiger partial charge in [-0.25, -0.2) is 0 Å². The third-order valence-corrected chi connectivity index (χ3v) is 4.09. The first-order valence-corrected chi connectivity index (χ1v) is 8.37. The standard InChI is InChI=1S/C22H18F3N.ClH/c23-22(24,25)20-11-3-6-17(16-20)7-5-14-26-15-13-19-10-4-9-18-8-1-2-12-21(18)19;/h1-4,6,8-12,16,26H,13-15H2;1H. The third kappa shape index (κ3) is 5.75. The Labute approximate surface area is 163 Å². The summed E-state index contributed by atoms with van der Waals surface area (Å²) < 4.78 is 38.0. The van der Waals surface area contributed by atoms with Crippen LogP contribution in [0.5, 0.6) is 0 Å². The van der Waals surface area contributed by atoms with Gasteiger partial charge in [-0.3, -0.25) is 0 Å². The fourth-order valence-corrected chi connectivity index (χ4v) is 2.80. The van der Waals surface area contributed by atoms with Crippen molar-refractivity contribution in [1.29, 1.82) is 0 Å². The van der Waals surface area contributed by atoms with E-state index in [0.29, 0.717) is 12.1 Å². The molecule has 0 spiro atoms. The van der Waals surface area contributed by atoms with Gasteiger partial charge in [0, 0.05) is 12.1 Å². The first kappa shape index (κ1) is 20.8. The lowest BCUT2D eigenvalue weighted by Gasteiger charge is -2.06. The summed E-state index contributed by atoms with van der Waals surface area (Å²) in [7, 11) is 0. The van der Waals surface area contributed by atoms with Crippen LogP contribution in [0.1, 0.15) is 16.7 Å². The van der Waals surface area contributed by atoms with Crippen molar-refractivity contribution in [3.63, 3.8) is 0 Å². The average Bonchev–Trinajstić information content (AvgIpc) is 2.64. The Morgan fingerprint density at radius 3 is 2.44 bits per heavy atom. The molecular weight excluding hydrogens is 371 g/mol. The lowest BCUT2D eigenvalue weighted by Crippen LogP contribution is -2.17. The van der Waals surface area contributed by atoms with Crippen LogP contribution < -0.4 is 5.32 Å². The summed E-state index contributed by atoms with van der Waals surface area (Å²) >= 11 is 0. The number of nitrogens with one attached hydrogen (secondary N) is 1. The summed E-state index contributed by atoms with van der Waals surface area (Å²) in [6, 6.07) is 19.6. The van der Waals surface area contributed by atoms with Crippen molar-refractivity contribution in [2.75, 3.05) is 13.1 Å². The van der Waals surface area contributed by atoms with E-state index < -0.39 is 11.7 Å². The molecule has 140 valence electrons. The smallest absolute Gasteiger partial charge is 0.306 e. The summed E-state index contributed by atoms with van der Waals surface area (Å²) in [5.74, 6) is 5.65. The third-order valence-electron chi connectivity index (χ3n) is 4.09. The van der Waals surface area contributed by atoms with Gasteiger partial charge in [0.25, 0.3) is 0 Å². The summed E-state index contributed by atoms with van der Waals surface area (Å²) in [5, 5.41) is 5.68. The summed E-state index contributed by atoms with van der Waals surface area (Å²) in [6.07, 6.45) is -3.47. The molecule has 0 bridgehead atoms. The van der Waals surface area contributed by atoms with Crippen LogP contribution in [-0.4, -0.2) is 13.1 Å². The highest BCUT2D eigenvalue weighted by Gasteiger charge is 2.30. The second-order valence-electron chi connectivity index (χ2n) is 5.95. The monoisotopic (exact) mass is 389 g/mol. The number of fused-ring (bicyclic) bond motifs is 1. The van der Waals surface area contributed by atoms with Crippen LogP contribution in [0.3, 0.4) is 0 Å². The molecule has 0 aliphatic carbocycles. The van der Waals surface area contributed by atoms with Crippen molar-refractivity contribution in [1.82, 2.24) is 5.32 Å². The molecule has 0 radical (unpaired) electrons. The number of hydrogen-bond donors (Lipinski definition) is 1. The van der Waals surface area contributed by atoms with Crippen molar-refractivity contribution >= 4 is 23.2 Å². The molecule has 1 nitrogen and oxygen atoms in total. The molecule has 0 aliphatic heterocycles. The molecular formula is C22H19ClF3N. The molecule has 0 aromatic heterocycles. The number of benzene rings is 3. The van der Waals surface area contributed by atoms with Gasteiger partial charge < -0.3 is 5.32 Å². The fraction of sp³-hybridized carbons (Fsp3) is 0.182. The quantitative estimate of drug-likeness (QED) is 0.461. The van der Waals surface area contributed by atoms with Crippen molar-refractivity contribution in [3.05, 3.63) is 83.4 Å². The zero-order valence-electron chi connectivity index (χ0n) is 14.5. The van der Waals surface area contributed by atoms with Crippen molar-refractivity contribution in [2.24, 2.45) is 0 Å². The lowest BCUT2D eigenvalue weighted by atomic mass is 10.0. The topological polar surface area (TPSA) is 12.0 Å². The first-order chi connectivity index (χ1) is 12.5. The van der Waals surface area contributed by atoms with E-state index in [9.17, 15) is 13.2 Å². The predicted octanol–water partition coefficient (Wildman–Crippen LogP) is 5.46. The van der Waals surface area contributed by atoms with E-state index in [1.807, 2.05) is 18.2 Å². The SMILES string of the molecule is Cl.FC(F)(F)c1cccc(C#CCNCCc2cccc3ccccc23)c1. The molecule has 0 atom stereocenters. The second-order valence-corrected chi connectivity index (χ2v) is 5.95. The van der Waals surface area contributed by atoms with E-state index in [1.165, 1.54) is 22.4 Å². The fourth-order valence-electron chi connectivity index (χ4n) is 2.80. The average molecular weight is 390 g/mol. The molecule has 0 unspecified atom stereocenters. The Bertz CT molecular complexity index is 949. The Morgan fingerprint density at radius 1 is 0.889 bits per heavy atom. The van der Waals surface area contributed by atoms with E-state index >= 15 is 0 Å². The van der Waals surface area contributed by atoms with Gasteiger partial charge in [-0.05, 0) is 41.0 Å². The largest absolute Gasteiger partial charge is 0.416 e. The summed E-state index contributed by atoms with van der Waals surface area (Å²) in [4.78, 5) is 0. The zero-order valence-corrected chi connectivity index (χ0v) is 15.3. The summed E-state index contributed by atoms with van der Waals surface area (Å²) in [6.45, 7) is 1.19. The Balaban J connectivity index is 0.00000261. The van der Waals surface area contributed by atoms with Crippen molar-refractivity contribution in [3.8, 4) is 11.8 Å². The van der Waals surface area contributed by atoms with E-state index in [-0.39, 0.29) is 12.4 Å². The molecule has 0 saturated heterocycles. The number of alkyl halides is 3. The molecule has 1 N–H and O–H groups in total. The molecule has 0 heterocycles. The van der Waals surface area contributed by atoms with Crippen molar-refractivity contribution in [2.45, 2.75) is 12.6 Å². The molecule has 0 saturated carbocycles. The maximum Gasteiger partial charge on any atom is 0.416 e. The second kappa shape index (κ2) is 9.45. The molecule has 3 aromatic carbocycles. The van der Waals surface area contributed by atoms with Gasteiger partial charge in [-0.2, -0.15) is 13.2 Å². The number of rotatable bonds is 4. The minimum Gasteiger partial charge on any atom is -0.306 e. The van der Waals surface area contributed by atoms with Gasteiger partial charge in [0.05, 0.1) is 12.1 Å². The zero-order chi connectivity index (χ0) is 18.4. The van der Waals surface area contributed by atoms with Crippen LogP contribution in [-0.2, 0) is 12.6 Å². The minimum atomic E-state index is -4.34. The van der Waals surface area contributed by atoms with Crippen LogP contribution in [0.2, 0.25) is 0 Å². The lowest BCUT2D eigenvalue weighted by molar-refractivity contribution is -0.137. The normalized spacial score (nSPS) is 10.8. The van der Waals surface area contributed by atoms with Gasteiger partial charge in [0.1, 0.15) is 0 Å².